The standard InChI is InChI=1S/C9H17NS/c1-7-8-4-3-5-11-9(8)6-10(7)2/h7-9H,3-6H2,1-2H3. The minimum atomic E-state index is 0.841. The third-order valence-electron chi connectivity index (χ3n) is 3.27. The molecule has 2 heterocycles. The highest BCUT2D eigenvalue weighted by atomic mass is 32.2. The summed E-state index contributed by atoms with van der Waals surface area (Å²) in [5.41, 5.74) is 0. The Morgan fingerprint density at radius 1 is 1.45 bits per heavy atom. The zero-order valence-corrected chi connectivity index (χ0v) is 8.23. The molecule has 64 valence electrons. The Morgan fingerprint density at radius 3 is 3.00 bits per heavy atom. The summed E-state index contributed by atoms with van der Waals surface area (Å²) in [6.07, 6.45) is 2.92. The van der Waals surface area contributed by atoms with E-state index >= 15 is 0 Å². The van der Waals surface area contributed by atoms with E-state index in [0.29, 0.717) is 0 Å². The second-order valence-electron chi connectivity index (χ2n) is 3.90. The van der Waals surface area contributed by atoms with Gasteiger partial charge in [-0.2, -0.15) is 11.8 Å². The summed E-state index contributed by atoms with van der Waals surface area (Å²) in [5, 5.41) is 0.962. The normalized spacial score (nSPS) is 45.8. The fraction of sp³-hybridized carbons (Fsp3) is 1.00. The molecule has 3 unspecified atom stereocenters. The highest BCUT2D eigenvalue weighted by Crippen LogP contribution is 2.39. The Morgan fingerprint density at radius 2 is 2.27 bits per heavy atom. The molecule has 3 atom stereocenters. The molecule has 2 aliphatic rings. The largest absolute Gasteiger partial charge is 0.302 e. The van der Waals surface area contributed by atoms with Crippen molar-refractivity contribution in [2.75, 3.05) is 19.3 Å². The van der Waals surface area contributed by atoms with Crippen molar-refractivity contribution in [2.24, 2.45) is 5.92 Å². The minimum absolute atomic E-state index is 0.841. The molecule has 0 aliphatic carbocycles. The molecule has 2 rings (SSSR count). The van der Waals surface area contributed by atoms with Crippen LogP contribution in [0.2, 0.25) is 0 Å². The number of hydrogen-bond acceptors (Lipinski definition) is 2. The summed E-state index contributed by atoms with van der Waals surface area (Å²) in [7, 11) is 2.27. The fourth-order valence-electron chi connectivity index (χ4n) is 2.38. The molecule has 2 fully saturated rings. The molecule has 0 radical (unpaired) electrons. The van der Waals surface area contributed by atoms with Crippen LogP contribution in [0.25, 0.3) is 0 Å². The van der Waals surface area contributed by atoms with Crippen molar-refractivity contribution in [2.45, 2.75) is 31.1 Å². The highest BCUT2D eigenvalue weighted by Gasteiger charge is 2.38. The number of fused-ring (bicyclic) bond motifs is 1. The molecular formula is C9H17NS. The van der Waals surface area contributed by atoms with Crippen LogP contribution in [0.3, 0.4) is 0 Å². The summed E-state index contributed by atoms with van der Waals surface area (Å²) in [6, 6.07) is 0.841. The first-order chi connectivity index (χ1) is 5.29. The van der Waals surface area contributed by atoms with Crippen LogP contribution >= 0.6 is 11.8 Å². The molecule has 0 N–H and O–H groups in total. The van der Waals surface area contributed by atoms with E-state index in [2.05, 4.69) is 30.6 Å². The first-order valence-corrected chi connectivity index (χ1v) is 5.66. The van der Waals surface area contributed by atoms with Crippen LogP contribution in [-0.2, 0) is 0 Å². The molecule has 2 heteroatoms. The molecule has 0 aromatic heterocycles. The first kappa shape index (κ1) is 7.93. The third kappa shape index (κ3) is 1.31. The number of likely N-dealkylation sites (tertiary alicyclic amines) is 1. The summed E-state index contributed by atoms with van der Waals surface area (Å²) in [6.45, 7) is 3.72. The average Bonchev–Trinajstić information content (AvgIpc) is 2.30. The summed E-state index contributed by atoms with van der Waals surface area (Å²) >= 11 is 2.20. The lowest BCUT2D eigenvalue weighted by atomic mass is 9.96. The Labute approximate surface area is 73.5 Å². The van der Waals surface area contributed by atoms with Crippen LogP contribution in [0.15, 0.2) is 0 Å². The van der Waals surface area contributed by atoms with Gasteiger partial charge >= 0.3 is 0 Å². The molecule has 1 nitrogen and oxygen atoms in total. The van der Waals surface area contributed by atoms with Gasteiger partial charge in [0.2, 0.25) is 0 Å². The molecule has 0 amide bonds. The van der Waals surface area contributed by atoms with Crippen molar-refractivity contribution < 1.29 is 0 Å². The van der Waals surface area contributed by atoms with E-state index in [-0.39, 0.29) is 0 Å². The van der Waals surface area contributed by atoms with Crippen molar-refractivity contribution in [3.63, 3.8) is 0 Å². The van der Waals surface area contributed by atoms with Gasteiger partial charge in [-0.05, 0) is 38.5 Å². The van der Waals surface area contributed by atoms with Crippen LogP contribution in [0.1, 0.15) is 19.8 Å². The maximum atomic E-state index is 2.52. The number of nitrogens with zero attached hydrogens (tertiary/aromatic N) is 1. The van der Waals surface area contributed by atoms with E-state index in [1.807, 2.05) is 0 Å². The van der Waals surface area contributed by atoms with Gasteiger partial charge in [0, 0.05) is 17.8 Å². The van der Waals surface area contributed by atoms with Gasteiger partial charge in [-0.1, -0.05) is 0 Å². The van der Waals surface area contributed by atoms with Crippen molar-refractivity contribution >= 4 is 11.8 Å². The van der Waals surface area contributed by atoms with Crippen LogP contribution < -0.4 is 0 Å². The first-order valence-electron chi connectivity index (χ1n) is 4.61. The zero-order valence-electron chi connectivity index (χ0n) is 7.42. The smallest absolute Gasteiger partial charge is 0.0218 e. The number of rotatable bonds is 0. The Kier molecular flexibility index (Phi) is 2.15. The van der Waals surface area contributed by atoms with Gasteiger partial charge in [-0.25, -0.2) is 0 Å². The van der Waals surface area contributed by atoms with Gasteiger partial charge in [0.15, 0.2) is 0 Å². The topological polar surface area (TPSA) is 3.24 Å². The van der Waals surface area contributed by atoms with Gasteiger partial charge in [-0.15, -0.1) is 0 Å². The van der Waals surface area contributed by atoms with Gasteiger partial charge in [-0.3, -0.25) is 0 Å². The SMILES string of the molecule is CC1C2CCCSC2CN1C. The lowest BCUT2D eigenvalue weighted by molar-refractivity contribution is 0.284. The molecule has 0 aromatic rings. The second-order valence-corrected chi connectivity index (χ2v) is 5.24. The Balaban J connectivity index is 2.05. The summed E-state index contributed by atoms with van der Waals surface area (Å²) < 4.78 is 0. The quantitative estimate of drug-likeness (QED) is 0.547. The maximum Gasteiger partial charge on any atom is 0.0218 e. The van der Waals surface area contributed by atoms with Gasteiger partial charge in [0.05, 0.1) is 0 Å². The second kappa shape index (κ2) is 2.98. The molecule has 2 aliphatic heterocycles. The third-order valence-corrected chi connectivity index (χ3v) is 4.73. The Bertz CT molecular complexity index is 148. The predicted molar refractivity (Wildman–Crippen MR) is 51.1 cm³/mol. The van der Waals surface area contributed by atoms with Crippen molar-refractivity contribution in [3.05, 3.63) is 0 Å². The van der Waals surface area contributed by atoms with E-state index in [1.54, 1.807) is 0 Å². The number of hydrogen-bond donors (Lipinski definition) is 0. The fourth-order valence-corrected chi connectivity index (χ4v) is 3.97. The van der Waals surface area contributed by atoms with Crippen molar-refractivity contribution in [3.8, 4) is 0 Å². The predicted octanol–water partition coefficient (Wildman–Crippen LogP) is 1.83. The van der Waals surface area contributed by atoms with Crippen LogP contribution in [0, 0.1) is 5.92 Å². The van der Waals surface area contributed by atoms with E-state index in [4.69, 9.17) is 0 Å². The zero-order chi connectivity index (χ0) is 7.84. The van der Waals surface area contributed by atoms with E-state index in [1.165, 1.54) is 25.1 Å². The number of thioether (sulfide) groups is 1. The molecular weight excluding hydrogens is 154 g/mol. The molecule has 0 aromatic carbocycles. The van der Waals surface area contributed by atoms with E-state index < -0.39 is 0 Å². The van der Waals surface area contributed by atoms with E-state index in [9.17, 15) is 0 Å². The minimum Gasteiger partial charge on any atom is -0.302 e. The highest BCUT2D eigenvalue weighted by molar-refractivity contribution is 8.00. The maximum absolute atomic E-state index is 2.52. The summed E-state index contributed by atoms with van der Waals surface area (Å²) in [5.74, 6) is 2.40. The van der Waals surface area contributed by atoms with Crippen LogP contribution in [0.5, 0.6) is 0 Å². The van der Waals surface area contributed by atoms with E-state index in [0.717, 1.165) is 17.2 Å². The van der Waals surface area contributed by atoms with Crippen LogP contribution in [0.4, 0.5) is 0 Å². The molecule has 11 heavy (non-hydrogen) atoms. The lowest BCUT2D eigenvalue weighted by Gasteiger charge is -2.26. The Hall–Kier alpha value is 0.310. The monoisotopic (exact) mass is 171 g/mol. The van der Waals surface area contributed by atoms with Gasteiger partial charge in [0.1, 0.15) is 0 Å². The van der Waals surface area contributed by atoms with Gasteiger partial charge < -0.3 is 4.90 Å². The summed E-state index contributed by atoms with van der Waals surface area (Å²) in [4.78, 5) is 2.52. The van der Waals surface area contributed by atoms with Crippen molar-refractivity contribution in [1.82, 2.24) is 4.90 Å². The lowest BCUT2D eigenvalue weighted by Crippen LogP contribution is -2.27. The van der Waals surface area contributed by atoms with Crippen molar-refractivity contribution in [1.29, 1.82) is 0 Å². The molecule has 0 spiro atoms. The van der Waals surface area contributed by atoms with Gasteiger partial charge in [0.25, 0.3) is 0 Å². The molecule has 0 bridgehead atoms. The molecule has 2 saturated heterocycles. The average molecular weight is 171 g/mol. The molecule has 0 saturated carbocycles. The van der Waals surface area contributed by atoms with Crippen LogP contribution in [-0.4, -0.2) is 35.5 Å².